The van der Waals surface area contributed by atoms with Crippen LogP contribution in [0.15, 0.2) is 103 Å². The molecule has 2 atom stereocenters. The third kappa shape index (κ3) is 5.37. The molecule has 0 aliphatic carbocycles. The Balaban J connectivity index is 1.41. The van der Waals surface area contributed by atoms with Crippen molar-refractivity contribution < 1.29 is 14.3 Å². The first kappa shape index (κ1) is 28.2. The van der Waals surface area contributed by atoms with Gasteiger partial charge in [-0.1, -0.05) is 30.3 Å². The highest BCUT2D eigenvalue weighted by atomic mass is 32.1. The Bertz CT molecular complexity index is 1800. The van der Waals surface area contributed by atoms with Crippen LogP contribution in [0.4, 0.5) is 5.69 Å². The molecule has 0 saturated carbocycles. The third-order valence-corrected chi connectivity index (χ3v) is 8.16. The van der Waals surface area contributed by atoms with E-state index >= 15 is 0 Å². The lowest BCUT2D eigenvalue weighted by atomic mass is 9.96. The number of anilines is 1. The molecular formula is C35H32N4O3S. The first-order valence-electron chi connectivity index (χ1n) is 14.1. The number of carbonyl (C=O) groups is 1. The maximum Gasteiger partial charge on any atom is 0.337 e. The van der Waals surface area contributed by atoms with E-state index in [1.807, 2.05) is 91.9 Å². The van der Waals surface area contributed by atoms with Gasteiger partial charge in [0, 0.05) is 29.0 Å². The van der Waals surface area contributed by atoms with Crippen molar-refractivity contribution in [2.24, 2.45) is 0 Å². The van der Waals surface area contributed by atoms with E-state index in [-0.39, 0.29) is 18.1 Å². The minimum Gasteiger partial charge on any atom is -0.465 e. The van der Waals surface area contributed by atoms with E-state index in [4.69, 9.17) is 26.7 Å². The second-order valence-corrected chi connectivity index (χ2v) is 10.9. The molecule has 1 aliphatic heterocycles. The fraction of sp³-hybridized carbons (Fsp3) is 0.171. The number of carbonyl (C=O) groups excluding carboxylic acids is 1. The van der Waals surface area contributed by atoms with Gasteiger partial charge in [0.25, 0.3) is 0 Å². The number of benzene rings is 3. The fourth-order valence-electron chi connectivity index (χ4n) is 5.80. The molecule has 5 aromatic rings. The van der Waals surface area contributed by atoms with Crippen molar-refractivity contribution in [3.05, 3.63) is 137 Å². The predicted molar refractivity (Wildman–Crippen MR) is 172 cm³/mol. The quantitative estimate of drug-likeness (QED) is 0.155. The molecule has 1 saturated heterocycles. The van der Waals surface area contributed by atoms with E-state index in [2.05, 4.69) is 34.7 Å². The molecule has 0 radical (unpaired) electrons. The predicted octanol–water partition coefficient (Wildman–Crippen LogP) is 7.55. The summed E-state index contributed by atoms with van der Waals surface area (Å²) in [6, 6.07) is 31.2. The van der Waals surface area contributed by atoms with Gasteiger partial charge < -0.3 is 24.3 Å². The molecule has 1 aliphatic rings. The molecule has 3 heterocycles. The summed E-state index contributed by atoms with van der Waals surface area (Å²) < 4.78 is 13.3. The van der Waals surface area contributed by atoms with Gasteiger partial charge in [-0.3, -0.25) is 4.98 Å². The molecule has 6 rings (SSSR count). The zero-order valence-electron chi connectivity index (χ0n) is 24.4. The van der Waals surface area contributed by atoms with Crippen LogP contribution in [0.1, 0.15) is 50.7 Å². The molecule has 216 valence electrons. The molecule has 3 aromatic carbocycles. The Morgan fingerprint density at radius 3 is 2.37 bits per heavy atom. The van der Waals surface area contributed by atoms with Gasteiger partial charge >= 0.3 is 5.97 Å². The van der Waals surface area contributed by atoms with Crippen LogP contribution >= 0.6 is 12.2 Å². The van der Waals surface area contributed by atoms with E-state index in [1.54, 1.807) is 12.3 Å². The van der Waals surface area contributed by atoms with Crippen molar-refractivity contribution in [2.75, 3.05) is 12.0 Å². The molecule has 2 aromatic heterocycles. The van der Waals surface area contributed by atoms with Gasteiger partial charge in [0.15, 0.2) is 5.11 Å². The second kappa shape index (κ2) is 11.7. The number of rotatable bonds is 7. The van der Waals surface area contributed by atoms with Gasteiger partial charge in [0.05, 0.1) is 30.5 Å². The normalized spacial score (nSPS) is 16.2. The minimum absolute atomic E-state index is 0.186. The Hall–Kier alpha value is -4.95. The summed E-state index contributed by atoms with van der Waals surface area (Å²) in [4.78, 5) is 19.1. The van der Waals surface area contributed by atoms with Crippen LogP contribution in [0.3, 0.4) is 0 Å². The van der Waals surface area contributed by atoms with Crippen LogP contribution in [-0.2, 0) is 4.74 Å². The lowest BCUT2D eigenvalue weighted by molar-refractivity contribution is 0.0600. The van der Waals surface area contributed by atoms with Crippen LogP contribution in [0, 0.1) is 20.8 Å². The second-order valence-electron chi connectivity index (χ2n) is 10.6. The van der Waals surface area contributed by atoms with E-state index in [1.165, 1.54) is 7.11 Å². The molecule has 0 spiro atoms. The molecule has 7 nitrogen and oxygen atoms in total. The largest absolute Gasteiger partial charge is 0.465 e. The van der Waals surface area contributed by atoms with Crippen molar-refractivity contribution in [1.82, 2.24) is 14.9 Å². The highest BCUT2D eigenvalue weighted by Gasteiger charge is 2.42. The summed E-state index contributed by atoms with van der Waals surface area (Å²) in [6.45, 7) is 6.20. The number of hydrogen-bond acceptors (Lipinski definition) is 5. The molecular weight excluding hydrogens is 556 g/mol. The summed E-state index contributed by atoms with van der Waals surface area (Å²) >= 11 is 5.96. The Kier molecular flexibility index (Phi) is 7.69. The number of aryl methyl sites for hydroxylation is 2. The van der Waals surface area contributed by atoms with E-state index in [0.29, 0.717) is 10.7 Å². The monoisotopic (exact) mass is 588 g/mol. The van der Waals surface area contributed by atoms with Gasteiger partial charge in [-0.05, 0) is 111 Å². The van der Waals surface area contributed by atoms with Gasteiger partial charge in [-0.2, -0.15) is 0 Å². The number of nitrogens with zero attached hydrogens (tertiary/aromatic N) is 3. The molecule has 1 fully saturated rings. The lowest BCUT2D eigenvalue weighted by Crippen LogP contribution is -2.29. The smallest absolute Gasteiger partial charge is 0.337 e. The molecule has 1 N–H and O–H groups in total. The topological polar surface area (TPSA) is 68.6 Å². The number of para-hydroxylation sites is 1. The Morgan fingerprint density at radius 2 is 1.65 bits per heavy atom. The minimum atomic E-state index is -0.369. The number of esters is 1. The SMILES string of the molecule is COC(=O)c1cccc(-n2c(C)cc([C@H]3[C@H](c4ccccn4)NC(=S)N3c3ccc(Oc4ccccc4C)cc3)c2C)c1. The number of nitrogens with one attached hydrogen (secondary N) is 1. The third-order valence-electron chi connectivity index (χ3n) is 7.85. The van der Waals surface area contributed by atoms with Crippen molar-refractivity contribution >= 4 is 29.0 Å². The maximum atomic E-state index is 12.3. The zero-order chi connectivity index (χ0) is 30.1. The molecule has 8 heteroatoms. The molecule has 43 heavy (non-hydrogen) atoms. The van der Waals surface area contributed by atoms with Gasteiger partial charge in [0.2, 0.25) is 0 Å². The molecule has 0 unspecified atom stereocenters. The summed E-state index contributed by atoms with van der Waals surface area (Å²) in [5.41, 5.74) is 7.47. The Morgan fingerprint density at radius 1 is 0.884 bits per heavy atom. The summed E-state index contributed by atoms with van der Waals surface area (Å²) in [6.07, 6.45) is 1.80. The van der Waals surface area contributed by atoms with Gasteiger partial charge in [-0.15, -0.1) is 0 Å². The van der Waals surface area contributed by atoms with E-state index in [0.717, 1.165) is 51.1 Å². The van der Waals surface area contributed by atoms with Crippen molar-refractivity contribution in [3.63, 3.8) is 0 Å². The van der Waals surface area contributed by atoms with Crippen molar-refractivity contribution in [3.8, 4) is 17.2 Å². The van der Waals surface area contributed by atoms with Crippen molar-refractivity contribution in [2.45, 2.75) is 32.9 Å². The van der Waals surface area contributed by atoms with Crippen molar-refractivity contribution in [1.29, 1.82) is 0 Å². The number of hydrogen-bond donors (Lipinski definition) is 1. The summed E-state index contributed by atoms with van der Waals surface area (Å²) in [5.74, 6) is 1.20. The number of thiocarbonyl (C=S) groups is 1. The average Bonchev–Trinajstić information content (AvgIpc) is 3.53. The fourth-order valence-corrected chi connectivity index (χ4v) is 6.14. The molecule has 0 amide bonds. The number of ether oxygens (including phenoxy) is 2. The number of aromatic nitrogens is 2. The first-order chi connectivity index (χ1) is 20.9. The van der Waals surface area contributed by atoms with E-state index < -0.39 is 0 Å². The maximum absolute atomic E-state index is 12.3. The van der Waals surface area contributed by atoms with Crippen LogP contribution in [0.25, 0.3) is 5.69 Å². The number of methoxy groups -OCH3 is 1. The van der Waals surface area contributed by atoms with E-state index in [9.17, 15) is 4.79 Å². The van der Waals surface area contributed by atoms with Gasteiger partial charge in [-0.25, -0.2) is 4.79 Å². The van der Waals surface area contributed by atoms with Crippen LogP contribution in [0.2, 0.25) is 0 Å². The zero-order valence-corrected chi connectivity index (χ0v) is 25.3. The average molecular weight is 589 g/mol. The molecule has 0 bridgehead atoms. The highest BCUT2D eigenvalue weighted by molar-refractivity contribution is 7.80. The number of pyridine rings is 1. The first-order valence-corrected chi connectivity index (χ1v) is 14.5. The summed E-state index contributed by atoms with van der Waals surface area (Å²) in [5, 5.41) is 4.17. The Labute approximate surface area is 256 Å². The summed E-state index contributed by atoms with van der Waals surface area (Å²) in [7, 11) is 1.39. The lowest BCUT2D eigenvalue weighted by Gasteiger charge is -2.28. The van der Waals surface area contributed by atoms with Crippen LogP contribution < -0.4 is 15.0 Å². The van der Waals surface area contributed by atoms with Crippen LogP contribution in [-0.4, -0.2) is 27.7 Å². The van der Waals surface area contributed by atoms with Gasteiger partial charge in [0.1, 0.15) is 11.5 Å². The van der Waals surface area contributed by atoms with Crippen LogP contribution in [0.5, 0.6) is 11.5 Å². The highest BCUT2D eigenvalue weighted by Crippen LogP contribution is 2.44. The standard InChI is InChI=1S/C35H32N4O3S/c1-22-10-5-6-14-31(22)42-28-17-15-26(16-18-28)39-33(32(37-35(39)43)30-13-7-8-19-36-30)29-20-23(2)38(24(29)3)27-12-9-11-25(21-27)34(40)41-4/h5-21,32-33H,1-4H3,(H,37,43)/t32-,33-/m0/s1.